The number of anilines is 1. The lowest BCUT2D eigenvalue weighted by molar-refractivity contribution is -0.131. The first-order chi connectivity index (χ1) is 13.7. The fraction of sp³-hybridized carbons (Fsp3) is 0.524. The zero-order valence-corrected chi connectivity index (χ0v) is 16.5. The second-order valence-corrected chi connectivity index (χ2v) is 7.14. The van der Waals surface area contributed by atoms with E-state index in [9.17, 15) is 9.18 Å². The minimum Gasteiger partial charge on any atom is -0.368 e. The number of halogens is 1. The van der Waals surface area contributed by atoms with Gasteiger partial charge in [-0.3, -0.25) is 9.79 Å². The highest BCUT2D eigenvalue weighted by molar-refractivity contribution is 5.81. The molecule has 2 N–H and O–H groups in total. The van der Waals surface area contributed by atoms with Gasteiger partial charge in [0.15, 0.2) is 5.96 Å². The van der Waals surface area contributed by atoms with Gasteiger partial charge in [-0.2, -0.15) is 0 Å². The summed E-state index contributed by atoms with van der Waals surface area (Å²) in [4.78, 5) is 21.1. The molecule has 0 bridgehead atoms. The quantitative estimate of drug-likeness (QED) is 0.446. The Balaban J connectivity index is 1.42. The molecule has 1 aliphatic carbocycles. The molecule has 6 nitrogen and oxygen atoms in total. The molecule has 0 aromatic heterocycles. The molecule has 1 aliphatic heterocycles. The average Bonchev–Trinajstić information content (AvgIpc) is 3.22. The van der Waals surface area contributed by atoms with E-state index in [1.165, 1.54) is 12.1 Å². The summed E-state index contributed by atoms with van der Waals surface area (Å²) in [5.74, 6) is 0.694. The Morgan fingerprint density at radius 3 is 2.46 bits per heavy atom. The van der Waals surface area contributed by atoms with E-state index in [4.69, 9.17) is 0 Å². The minimum atomic E-state index is -0.228. The molecule has 0 radical (unpaired) electrons. The van der Waals surface area contributed by atoms with Crippen LogP contribution in [-0.2, 0) is 4.79 Å². The van der Waals surface area contributed by atoms with Crippen LogP contribution in [0.1, 0.15) is 26.2 Å². The van der Waals surface area contributed by atoms with Crippen LogP contribution < -0.4 is 15.5 Å². The van der Waals surface area contributed by atoms with Crippen molar-refractivity contribution in [2.45, 2.75) is 32.2 Å². The summed E-state index contributed by atoms with van der Waals surface area (Å²) >= 11 is 0. The third-order valence-corrected chi connectivity index (χ3v) is 5.11. The second-order valence-electron chi connectivity index (χ2n) is 7.14. The van der Waals surface area contributed by atoms with E-state index < -0.39 is 0 Å². The number of carbonyl (C=O) groups excluding carboxylic acids is 1. The van der Waals surface area contributed by atoms with E-state index in [1.54, 1.807) is 12.1 Å². The predicted octanol–water partition coefficient (Wildman–Crippen LogP) is 2.14. The van der Waals surface area contributed by atoms with E-state index >= 15 is 0 Å². The number of hydrogen-bond donors (Lipinski definition) is 2. The number of rotatable bonds is 6. The van der Waals surface area contributed by atoms with Crippen LogP contribution in [0, 0.1) is 5.82 Å². The highest BCUT2D eigenvalue weighted by Gasteiger charge is 2.21. The van der Waals surface area contributed by atoms with Crippen LogP contribution in [0.3, 0.4) is 0 Å². The molecule has 0 unspecified atom stereocenters. The lowest BCUT2D eigenvalue weighted by atomic mass is 10.2. The summed E-state index contributed by atoms with van der Waals surface area (Å²) < 4.78 is 13.1. The van der Waals surface area contributed by atoms with Crippen molar-refractivity contribution in [1.29, 1.82) is 0 Å². The number of nitrogens with zero attached hydrogens (tertiary/aromatic N) is 3. The van der Waals surface area contributed by atoms with Crippen LogP contribution in [0.15, 0.2) is 41.4 Å². The summed E-state index contributed by atoms with van der Waals surface area (Å²) in [7, 11) is 0. The molecule has 152 valence electrons. The summed E-state index contributed by atoms with van der Waals surface area (Å²) in [5.41, 5.74) is 1.00. The minimum absolute atomic E-state index is 0.140. The van der Waals surface area contributed by atoms with Gasteiger partial charge in [0.2, 0.25) is 5.91 Å². The van der Waals surface area contributed by atoms with Crippen LogP contribution in [-0.4, -0.2) is 62.1 Å². The van der Waals surface area contributed by atoms with Crippen molar-refractivity contribution in [3.05, 3.63) is 42.2 Å². The van der Waals surface area contributed by atoms with Gasteiger partial charge in [-0.25, -0.2) is 4.39 Å². The first kappa shape index (κ1) is 20.2. The number of aliphatic imine (C=N–C) groups is 1. The summed E-state index contributed by atoms with van der Waals surface area (Å²) in [6.45, 7) is 6.21. The number of hydrogen-bond acceptors (Lipinski definition) is 3. The number of guanidine groups is 1. The normalized spacial score (nSPS) is 17.9. The van der Waals surface area contributed by atoms with Crippen LogP contribution in [0.4, 0.5) is 10.1 Å². The van der Waals surface area contributed by atoms with Gasteiger partial charge in [0, 0.05) is 50.9 Å². The fourth-order valence-corrected chi connectivity index (χ4v) is 3.54. The summed E-state index contributed by atoms with van der Waals surface area (Å²) in [5, 5.41) is 6.66. The zero-order valence-electron chi connectivity index (χ0n) is 16.5. The molecular weight excluding hydrogens is 357 g/mol. The van der Waals surface area contributed by atoms with Crippen LogP contribution in [0.25, 0.3) is 0 Å². The molecule has 1 aromatic rings. The van der Waals surface area contributed by atoms with Crippen molar-refractivity contribution < 1.29 is 9.18 Å². The maximum atomic E-state index is 13.1. The molecule has 3 rings (SSSR count). The lowest BCUT2D eigenvalue weighted by Crippen LogP contribution is -2.49. The van der Waals surface area contributed by atoms with Crippen LogP contribution in [0.5, 0.6) is 0 Å². The topological polar surface area (TPSA) is 60.0 Å². The number of nitrogens with one attached hydrogen (secondary N) is 2. The molecule has 2 aliphatic rings. The maximum absolute atomic E-state index is 13.1. The van der Waals surface area contributed by atoms with Crippen LogP contribution >= 0.6 is 0 Å². The Bertz CT molecular complexity index is 687. The number of amides is 1. The Hall–Kier alpha value is -2.57. The van der Waals surface area contributed by atoms with Crippen molar-refractivity contribution in [2.24, 2.45) is 4.99 Å². The van der Waals surface area contributed by atoms with Crippen molar-refractivity contribution >= 4 is 17.6 Å². The predicted molar refractivity (Wildman–Crippen MR) is 111 cm³/mol. The van der Waals surface area contributed by atoms with E-state index in [2.05, 4.69) is 32.7 Å². The number of piperazine rings is 1. The van der Waals surface area contributed by atoms with Gasteiger partial charge < -0.3 is 20.4 Å². The molecule has 1 fully saturated rings. The van der Waals surface area contributed by atoms with E-state index in [0.29, 0.717) is 32.1 Å². The van der Waals surface area contributed by atoms with Crippen molar-refractivity contribution in [3.63, 3.8) is 0 Å². The third kappa shape index (κ3) is 5.71. The average molecular weight is 388 g/mol. The van der Waals surface area contributed by atoms with Gasteiger partial charge >= 0.3 is 0 Å². The van der Waals surface area contributed by atoms with E-state index in [1.807, 2.05) is 11.8 Å². The molecule has 1 amide bonds. The lowest BCUT2D eigenvalue weighted by Gasteiger charge is -2.36. The third-order valence-electron chi connectivity index (χ3n) is 5.11. The maximum Gasteiger partial charge on any atom is 0.224 e. The van der Waals surface area contributed by atoms with Gasteiger partial charge in [0.25, 0.3) is 0 Å². The molecular formula is C21H30FN5O. The Morgan fingerprint density at radius 2 is 1.82 bits per heavy atom. The molecule has 0 atom stereocenters. The molecule has 1 heterocycles. The largest absolute Gasteiger partial charge is 0.368 e. The molecule has 7 heteroatoms. The van der Waals surface area contributed by atoms with Crippen molar-refractivity contribution in [3.8, 4) is 0 Å². The van der Waals surface area contributed by atoms with Gasteiger partial charge in [-0.15, -0.1) is 0 Å². The first-order valence-electron chi connectivity index (χ1n) is 10.1. The monoisotopic (exact) mass is 387 g/mol. The van der Waals surface area contributed by atoms with Gasteiger partial charge in [0.05, 0.1) is 6.54 Å². The highest BCUT2D eigenvalue weighted by atomic mass is 19.1. The second kappa shape index (κ2) is 10.1. The van der Waals surface area contributed by atoms with Gasteiger partial charge in [-0.05, 0) is 44.0 Å². The molecule has 28 heavy (non-hydrogen) atoms. The first-order valence-corrected chi connectivity index (χ1v) is 10.1. The zero-order chi connectivity index (χ0) is 19.8. The summed E-state index contributed by atoms with van der Waals surface area (Å²) in [6, 6.07) is 6.92. The van der Waals surface area contributed by atoms with Gasteiger partial charge in [0.1, 0.15) is 5.82 Å². The molecule has 0 saturated carbocycles. The Morgan fingerprint density at radius 1 is 1.14 bits per heavy atom. The number of benzene rings is 1. The fourth-order valence-electron chi connectivity index (χ4n) is 3.54. The molecule has 0 spiro atoms. The van der Waals surface area contributed by atoms with Crippen LogP contribution in [0.2, 0.25) is 0 Å². The molecule has 1 saturated heterocycles. The molecule has 1 aromatic carbocycles. The van der Waals surface area contributed by atoms with Gasteiger partial charge in [-0.1, -0.05) is 12.2 Å². The highest BCUT2D eigenvalue weighted by Crippen LogP contribution is 2.17. The van der Waals surface area contributed by atoms with E-state index in [0.717, 1.165) is 44.1 Å². The Labute approximate surface area is 166 Å². The van der Waals surface area contributed by atoms with Crippen molar-refractivity contribution in [2.75, 3.05) is 44.2 Å². The SMILES string of the molecule is CCNC(=NCCC(=O)N1CCN(c2ccc(F)cc2)CC1)NC1CC=CC1. The van der Waals surface area contributed by atoms with Crippen molar-refractivity contribution in [1.82, 2.24) is 15.5 Å². The standard InChI is InChI=1S/C21H30FN5O/c1-2-23-21(25-18-5-3-4-6-18)24-12-11-20(28)27-15-13-26(14-16-27)19-9-7-17(22)8-10-19/h3-4,7-10,18H,2,5-6,11-16H2,1H3,(H2,23,24,25). The Kier molecular flexibility index (Phi) is 7.28. The summed E-state index contributed by atoms with van der Waals surface area (Å²) in [6.07, 6.45) is 6.80. The smallest absolute Gasteiger partial charge is 0.224 e. The number of carbonyl (C=O) groups is 1. The van der Waals surface area contributed by atoms with E-state index in [-0.39, 0.29) is 11.7 Å².